The minimum absolute atomic E-state index is 0.141. The van der Waals surface area contributed by atoms with E-state index in [1.54, 1.807) is 0 Å². The minimum Gasteiger partial charge on any atom is -0.358 e. The van der Waals surface area contributed by atoms with Gasteiger partial charge in [-0.2, -0.15) is 13.2 Å². The molecule has 0 spiro atoms. The van der Waals surface area contributed by atoms with Crippen LogP contribution in [0, 0.1) is 0 Å². The fraction of sp³-hybridized carbons (Fsp3) is 0.286. The van der Waals surface area contributed by atoms with E-state index in [1.807, 2.05) is 0 Å². The molecule has 0 unspecified atom stereocenters. The van der Waals surface area contributed by atoms with Gasteiger partial charge in [0.2, 0.25) is 0 Å². The van der Waals surface area contributed by atoms with Crippen molar-refractivity contribution in [2.75, 3.05) is 11.9 Å². The van der Waals surface area contributed by atoms with Crippen molar-refractivity contribution >= 4 is 28.1 Å². The predicted octanol–water partition coefficient (Wildman–Crippen LogP) is 3.41. The van der Waals surface area contributed by atoms with Gasteiger partial charge >= 0.3 is 6.18 Å². The number of hydrogen-bond donors (Lipinski definition) is 1. The lowest BCUT2D eigenvalue weighted by Gasteiger charge is -2.01. The third-order valence-corrected chi connectivity index (χ3v) is 2.46. The first-order valence-electron chi connectivity index (χ1n) is 3.53. The van der Waals surface area contributed by atoms with E-state index in [9.17, 15) is 13.2 Å². The smallest absolute Gasteiger partial charge is 0.358 e. The molecule has 2 nitrogen and oxygen atoms in total. The van der Waals surface area contributed by atoms with Crippen molar-refractivity contribution in [2.45, 2.75) is 6.18 Å². The summed E-state index contributed by atoms with van der Waals surface area (Å²) in [5.74, 6) is 0. The van der Waals surface area contributed by atoms with Crippen LogP contribution in [0.5, 0.6) is 0 Å². The molecule has 0 aromatic carbocycles. The topological polar surface area (TPSA) is 24.9 Å². The predicted molar refractivity (Wildman–Crippen MR) is 50.8 cm³/mol. The summed E-state index contributed by atoms with van der Waals surface area (Å²) < 4.78 is 36.2. The number of thiazole rings is 1. The molecule has 0 aliphatic heterocycles. The number of anilines is 1. The average molecular weight is 243 g/mol. The van der Waals surface area contributed by atoms with Gasteiger partial charge in [-0.1, -0.05) is 29.0 Å². The first-order valence-corrected chi connectivity index (χ1v) is 4.73. The number of alkyl halides is 3. The van der Waals surface area contributed by atoms with E-state index in [1.165, 1.54) is 6.08 Å². The van der Waals surface area contributed by atoms with Crippen molar-refractivity contribution < 1.29 is 13.2 Å². The van der Waals surface area contributed by atoms with Crippen LogP contribution in [0.25, 0.3) is 0 Å². The van der Waals surface area contributed by atoms with Gasteiger partial charge in [-0.25, -0.2) is 4.98 Å². The van der Waals surface area contributed by atoms with Gasteiger partial charge in [-0.15, -0.1) is 6.58 Å². The Kier molecular flexibility index (Phi) is 3.38. The SMILES string of the molecule is C=CCNc1nc(C(F)(F)F)c(Cl)s1. The maximum atomic E-state index is 12.2. The molecular weight excluding hydrogens is 237 g/mol. The van der Waals surface area contributed by atoms with Gasteiger partial charge in [0, 0.05) is 6.54 Å². The zero-order valence-corrected chi connectivity index (χ0v) is 8.43. The number of nitrogens with one attached hydrogen (secondary N) is 1. The Labute approximate surface area is 87.4 Å². The highest BCUT2D eigenvalue weighted by atomic mass is 35.5. The Morgan fingerprint density at radius 2 is 2.21 bits per heavy atom. The Morgan fingerprint density at radius 1 is 1.57 bits per heavy atom. The molecule has 0 atom stereocenters. The van der Waals surface area contributed by atoms with E-state index in [0.717, 1.165) is 11.3 Å². The third-order valence-electron chi connectivity index (χ3n) is 1.25. The van der Waals surface area contributed by atoms with Gasteiger partial charge in [0.1, 0.15) is 4.34 Å². The highest BCUT2D eigenvalue weighted by Gasteiger charge is 2.37. The fourth-order valence-corrected chi connectivity index (χ4v) is 1.80. The van der Waals surface area contributed by atoms with Gasteiger partial charge in [0.25, 0.3) is 0 Å². The van der Waals surface area contributed by atoms with Gasteiger partial charge in [-0.05, 0) is 0 Å². The molecule has 1 N–H and O–H groups in total. The van der Waals surface area contributed by atoms with Crippen molar-refractivity contribution in [3.8, 4) is 0 Å². The second-order valence-corrected chi connectivity index (χ2v) is 3.91. The molecule has 0 fully saturated rings. The molecular formula is C7H6ClF3N2S. The first kappa shape index (κ1) is 11.3. The summed E-state index contributed by atoms with van der Waals surface area (Å²) in [6.07, 6.45) is -2.98. The lowest BCUT2D eigenvalue weighted by molar-refractivity contribution is -0.140. The summed E-state index contributed by atoms with van der Waals surface area (Å²) in [5, 5.41) is 2.77. The monoisotopic (exact) mass is 242 g/mol. The highest BCUT2D eigenvalue weighted by Crippen LogP contribution is 2.38. The van der Waals surface area contributed by atoms with Crippen LogP contribution in [0.3, 0.4) is 0 Å². The maximum absolute atomic E-state index is 12.2. The molecule has 0 bridgehead atoms. The zero-order valence-electron chi connectivity index (χ0n) is 6.86. The number of nitrogens with zero attached hydrogens (tertiary/aromatic N) is 1. The molecule has 1 aromatic heterocycles. The summed E-state index contributed by atoms with van der Waals surface area (Å²) in [6.45, 7) is 3.76. The van der Waals surface area contributed by atoms with Crippen LogP contribution in [-0.4, -0.2) is 11.5 Å². The molecule has 0 aliphatic carbocycles. The lowest BCUT2D eigenvalue weighted by Crippen LogP contribution is -2.06. The van der Waals surface area contributed by atoms with Crippen molar-refractivity contribution in [1.82, 2.24) is 4.98 Å². The summed E-state index contributed by atoms with van der Waals surface area (Å²) in [4.78, 5) is 3.32. The first-order chi connectivity index (χ1) is 6.45. The summed E-state index contributed by atoms with van der Waals surface area (Å²) in [6, 6.07) is 0. The molecule has 0 radical (unpaired) electrons. The highest BCUT2D eigenvalue weighted by molar-refractivity contribution is 7.19. The van der Waals surface area contributed by atoms with Crippen LogP contribution < -0.4 is 5.32 Å². The van der Waals surface area contributed by atoms with Crippen LogP contribution in [0.4, 0.5) is 18.3 Å². The zero-order chi connectivity index (χ0) is 10.8. The Morgan fingerprint density at radius 3 is 2.64 bits per heavy atom. The molecule has 0 amide bonds. The average Bonchev–Trinajstić information content (AvgIpc) is 2.42. The Hall–Kier alpha value is -0.750. The van der Waals surface area contributed by atoms with Crippen molar-refractivity contribution in [2.24, 2.45) is 0 Å². The van der Waals surface area contributed by atoms with Crippen molar-refractivity contribution in [3.05, 3.63) is 22.7 Å². The van der Waals surface area contributed by atoms with Gasteiger partial charge in [-0.3, -0.25) is 0 Å². The number of halogens is 4. The van der Waals surface area contributed by atoms with Crippen LogP contribution in [0.1, 0.15) is 5.69 Å². The normalized spacial score (nSPS) is 11.4. The van der Waals surface area contributed by atoms with Gasteiger partial charge in [0.05, 0.1) is 0 Å². The quantitative estimate of drug-likeness (QED) is 0.822. The van der Waals surface area contributed by atoms with Crippen molar-refractivity contribution in [1.29, 1.82) is 0 Å². The molecule has 1 rings (SSSR count). The standard InChI is InChI=1S/C7H6ClF3N2S/c1-2-3-12-6-13-4(5(8)14-6)7(9,10)11/h2H,1,3H2,(H,12,13). The van der Waals surface area contributed by atoms with Crippen LogP contribution in [0.2, 0.25) is 4.34 Å². The lowest BCUT2D eigenvalue weighted by atomic mass is 10.5. The van der Waals surface area contributed by atoms with Gasteiger partial charge in [0.15, 0.2) is 10.8 Å². The minimum atomic E-state index is -4.50. The fourth-order valence-electron chi connectivity index (χ4n) is 0.711. The molecule has 78 valence electrons. The molecule has 0 saturated heterocycles. The third kappa shape index (κ3) is 2.62. The molecule has 7 heteroatoms. The number of hydrogen-bond acceptors (Lipinski definition) is 3. The van der Waals surface area contributed by atoms with Gasteiger partial charge < -0.3 is 5.32 Å². The Balaban J connectivity index is 2.88. The van der Waals surface area contributed by atoms with E-state index in [-0.39, 0.29) is 9.47 Å². The summed E-state index contributed by atoms with van der Waals surface area (Å²) >= 11 is 6.14. The second-order valence-electron chi connectivity index (χ2n) is 2.31. The van der Waals surface area contributed by atoms with E-state index in [0.29, 0.717) is 6.54 Å². The molecule has 1 heterocycles. The van der Waals surface area contributed by atoms with E-state index >= 15 is 0 Å². The van der Waals surface area contributed by atoms with Crippen LogP contribution in [0.15, 0.2) is 12.7 Å². The molecule has 0 saturated carbocycles. The van der Waals surface area contributed by atoms with Crippen LogP contribution in [-0.2, 0) is 6.18 Å². The number of aromatic nitrogens is 1. The second kappa shape index (κ2) is 4.18. The molecule has 14 heavy (non-hydrogen) atoms. The van der Waals surface area contributed by atoms with E-state index in [4.69, 9.17) is 11.6 Å². The maximum Gasteiger partial charge on any atom is 0.435 e. The molecule has 1 aromatic rings. The van der Waals surface area contributed by atoms with Crippen LogP contribution >= 0.6 is 22.9 Å². The summed E-state index contributed by atoms with van der Waals surface area (Å²) in [5.41, 5.74) is -1.05. The molecule has 0 aliphatic rings. The summed E-state index contributed by atoms with van der Waals surface area (Å²) in [7, 11) is 0. The largest absolute Gasteiger partial charge is 0.435 e. The van der Waals surface area contributed by atoms with E-state index < -0.39 is 11.9 Å². The number of rotatable bonds is 3. The Bertz CT molecular complexity index is 334. The van der Waals surface area contributed by atoms with Crippen molar-refractivity contribution in [3.63, 3.8) is 0 Å². The van der Waals surface area contributed by atoms with E-state index in [2.05, 4.69) is 16.9 Å².